The topological polar surface area (TPSA) is 29.0 Å². The van der Waals surface area contributed by atoms with Gasteiger partial charge in [0.2, 0.25) is 0 Å². The molecule has 3 nitrogen and oxygen atoms in total. The summed E-state index contributed by atoms with van der Waals surface area (Å²) in [6.45, 7) is 3.82. The summed E-state index contributed by atoms with van der Waals surface area (Å²) in [6.07, 6.45) is -2.26. The molecule has 1 aliphatic heterocycles. The van der Waals surface area contributed by atoms with Gasteiger partial charge in [0, 0.05) is 13.1 Å². The number of hydrogen-bond acceptors (Lipinski definition) is 3. The summed E-state index contributed by atoms with van der Waals surface area (Å²) in [5, 5.41) is 6.88. The van der Waals surface area contributed by atoms with E-state index in [1.54, 1.807) is 0 Å². The zero-order valence-electron chi connectivity index (χ0n) is 9.54. The fraction of sp³-hybridized carbons (Fsp3) is 0.636. The minimum atomic E-state index is -4.41. The van der Waals surface area contributed by atoms with Gasteiger partial charge in [-0.05, 0) is 24.5 Å². The smallest absolute Gasteiger partial charge is 0.355 e. The van der Waals surface area contributed by atoms with Gasteiger partial charge in [0.1, 0.15) is 0 Å². The number of rotatable bonds is 2. The molecule has 0 saturated carbocycles. The molecule has 6 heteroatoms. The molecule has 1 unspecified atom stereocenters. The van der Waals surface area contributed by atoms with Crippen molar-refractivity contribution in [2.24, 2.45) is 5.92 Å². The van der Waals surface area contributed by atoms with E-state index in [0.717, 1.165) is 32.0 Å². The molecule has 1 aliphatic rings. The molecule has 2 rings (SSSR count). The van der Waals surface area contributed by atoms with Crippen molar-refractivity contribution >= 4 is 5.82 Å². The maximum atomic E-state index is 12.3. The molecule has 1 aromatic rings. The monoisotopic (exact) mass is 245 g/mol. The highest BCUT2D eigenvalue weighted by molar-refractivity contribution is 5.38. The van der Waals surface area contributed by atoms with Crippen molar-refractivity contribution in [2.45, 2.75) is 25.9 Å². The molecule has 0 amide bonds. The summed E-state index contributed by atoms with van der Waals surface area (Å²) < 4.78 is 36.9. The van der Waals surface area contributed by atoms with E-state index in [1.807, 2.05) is 4.90 Å². The summed E-state index contributed by atoms with van der Waals surface area (Å²) in [7, 11) is 0. The average Bonchev–Trinajstić information content (AvgIpc) is 2.76. The average molecular weight is 245 g/mol. The molecule has 0 bridgehead atoms. The van der Waals surface area contributed by atoms with Gasteiger partial charge in [0.05, 0.1) is 0 Å². The molecule has 1 aromatic heterocycles. The zero-order chi connectivity index (χ0) is 12.5. The zero-order valence-corrected chi connectivity index (χ0v) is 9.54. The summed E-state index contributed by atoms with van der Waals surface area (Å²) in [5.41, 5.74) is -0.938. The molecule has 1 fully saturated rings. The van der Waals surface area contributed by atoms with Crippen molar-refractivity contribution in [1.82, 2.24) is 10.2 Å². The number of halogens is 3. The molecule has 17 heavy (non-hydrogen) atoms. The van der Waals surface area contributed by atoms with Gasteiger partial charge in [0.15, 0.2) is 11.5 Å². The molecule has 0 spiro atoms. The summed E-state index contributed by atoms with van der Waals surface area (Å²) in [6, 6.07) is 2.38. The fourth-order valence-electron chi connectivity index (χ4n) is 2.02. The predicted octanol–water partition coefficient (Wildman–Crippen LogP) is 2.73. The second kappa shape index (κ2) is 4.50. The van der Waals surface area contributed by atoms with Gasteiger partial charge in [-0.2, -0.15) is 13.2 Å². The highest BCUT2D eigenvalue weighted by Crippen LogP contribution is 2.29. The second-order valence-electron chi connectivity index (χ2n) is 4.28. The van der Waals surface area contributed by atoms with Gasteiger partial charge >= 0.3 is 6.18 Å². The van der Waals surface area contributed by atoms with Gasteiger partial charge in [-0.15, -0.1) is 10.2 Å². The quantitative estimate of drug-likeness (QED) is 0.802. The highest BCUT2D eigenvalue weighted by atomic mass is 19.4. The van der Waals surface area contributed by atoms with Crippen molar-refractivity contribution in [3.63, 3.8) is 0 Å². The second-order valence-corrected chi connectivity index (χ2v) is 4.28. The van der Waals surface area contributed by atoms with Crippen LogP contribution < -0.4 is 4.90 Å². The largest absolute Gasteiger partial charge is 0.435 e. The van der Waals surface area contributed by atoms with Crippen LogP contribution >= 0.6 is 0 Å². The SMILES string of the molecule is CCC1CCN(c2ccc(C(F)(F)F)nn2)C1. The van der Waals surface area contributed by atoms with Crippen LogP contribution in [0, 0.1) is 5.92 Å². The molecular weight excluding hydrogens is 231 g/mol. The first-order valence-electron chi connectivity index (χ1n) is 5.66. The van der Waals surface area contributed by atoms with Gasteiger partial charge < -0.3 is 4.90 Å². The maximum absolute atomic E-state index is 12.3. The van der Waals surface area contributed by atoms with Crippen LogP contribution in [-0.4, -0.2) is 23.3 Å². The Labute approximate surface area is 97.6 Å². The molecule has 0 radical (unpaired) electrons. The maximum Gasteiger partial charge on any atom is 0.435 e. The van der Waals surface area contributed by atoms with Crippen molar-refractivity contribution in [3.05, 3.63) is 17.8 Å². The van der Waals surface area contributed by atoms with Crippen LogP contribution in [0.1, 0.15) is 25.5 Å². The minimum absolute atomic E-state index is 0.536. The summed E-state index contributed by atoms with van der Waals surface area (Å²) >= 11 is 0. The number of anilines is 1. The molecule has 94 valence electrons. The van der Waals surface area contributed by atoms with Crippen LogP contribution in [0.3, 0.4) is 0 Å². The van der Waals surface area contributed by atoms with E-state index >= 15 is 0 Å². The molecule has 0 aliphatic carbocycles. The first-order chi connectivity index (χ1) is 8.00. The molecule has 2 heterocycles. The number of alkyl halides is 3. The molecular formula is C11H14F3N3. The van der Waals surface area contributed by atoms with E-state index in [9.17, 15) is 13.2 Å². The van der Waals surface area contributed by atoms with Crippen molar-refractivity contribution in [1.29, 1.82) is 0 Å². The third kappa shape index (κ3) is 2.68. The molecule has 0 N–H and O–H groups in total. The van der Waals surface area contributed by atoms with Crippen molar-refractivity contribution in [3.8, 4) is 0 Å². The van der Waals surface area contributed by atoms with E-state index in [1.165, 1.54) is 6.07 Å². The first kappa shape index (κ1) is 12.1. The van der Waals surface area contributed by atoms with Crippen LogP contribution in [0.5, 0.6) is 0 Å². The van der Waals surface area contributed by atoms with Crippen molar-refractivity contribution < 1.29 is 13.2 Å². The Morgan fingerprint density at radius 3 is 2.59 bits per heavy atom. The lowest BCUT2D eigenvalue weighted by atomic mass is 10.1. The van der Waals surface area contributed by atoms with Crippen LogP contribution in [0.25, 0.3) is 0 Å². The van der Waals surface area contributed by atoms with E-state index in [4.69, 9.17) is 0 Å². The Morgan fingerprint density at radius 2 is 2.12 bits per heavy atom. The normalized spacial score (nSPS) is 20.9. The Kier molecular flexibility index (Phi) is 3.22. The van der Waals surface area contributed by atoms with Gasteiger partial charge in [-0.25, -0.2) is 0 Å². The first-order valence-corrected chi connectivity index (χ1v) is 5.66. The minimum Gasteiger partial charge on any atom is -0.355 e. The Morgan fingerprint density at radius 1 is 1.35 bits per heavy atom. The number of aromatic nitrogens is 2. The van der Waals surface area contributed by atoms with Gasteiger partial charge in [0.25, 0.3) is 0 Å². The fourth-order valence-corrected chi connectivity index (χ4v) is 2.02. The predicted molar refractivity (Wildman–Crippen MR) is 57.6 cm³/mol. The summed E-state index contributed by atoms with van der Waals surface area (Å²) in [4.78, 5) is 1.99. The summed E-state index contributed by atoms with van der Waals surface area (Å²) in [5.74, 6) is 1.15. The van der Waals surface area contributed by atoms with Crippen LogP contribution in [0.2, 0.25) is 0 Å². The molecule has 0 aromatic carbocycles. The number of nitrogens with zero attached hydrogens (tertiary/aromatic N) is 3. The standard InChI is InChI=1S/C11H14F3N3/c1-2-8-5-6-17(7-8)10-4-3-9(15-16-10)11(12,13)14/h3-4,8H,2,5-7H2,1H3. The molecule has 1 saturated heterocycles. The van der Waals surface area contributed by atoms with E-state index < -0.39 is 11.9 Å². The third-order valence-corrected chi connectivity index (χ3v) is 3.13. The van der Waals surface area contributed by atoms with Crippen molar-refractivity contribution in [2.75, 3.05) is 18.0 Å². The Balaban J connectivity index is 2.09. The Bertz CT molecular complexity index is 375. The van der Waals surface area contributed by atoms with Gasteiger partial charge in [-0.1, -0.05) is 13.3 Å². The van der Waals surface area contributed by atoms with Crippen LogP contribution in [0.15, 0.2) is 12.1 Å². The number of hydrogen-bond donors (Lipinski definition) is 0. The third-order valence-electron chi connectivity index (χ3n) is 3.13. The lowest BCUT2D eigenvalue weighted by Gasteiger charge is -2.16. The van der Waals surface area contributed by atoms with Crippen LogP contribution in [0.4, 0.5) is 19.0 Å². The molecule has 1 atom stereocenters. The van der Waals surface area contributed by atoms with Gasteiger partial charge in [-0.3, -0.25) is 0 Å². The highest BCUT2D eigenvalue weighted by Gasteiger charge is 2.33. The van der Waals surface area contributed by atoms with E-state index in [-0.39, 0.29) is 0 Å². The lowest BCUT2D eigenvalue weighted by Crippen LogP contribution is -2.21. The van der Waals surface area contributed by atoms with E-state index in [0.29, 0.717) is 11.7 Å². The van der Waals surface area contributed by atoms with E-state index in [2.05, 4.69) is 17.1 Å². The Hall–Kier alpha value is -1.33. The lowest BCUT2D eigenvalue weighted by molar-refractivity contribution is -0.141. The van der Waals surface area contributed by atoms with Crippen LogP contribution in [-0.2, 0) is 6.18 Å².